The molecule has 3 amide bonds. The normalized spacial score (nSPS) is 11.9. The summed E-state index contributed by atoms with van der Waals surface area (Å²) in [5.41, 5.74) is 4.15. The smallest absolute Gasteiger partial charge is 0.266 e. The van der Waals surface area contributed by atoms with Gasteiger partial charge in [-0.2, -0.15) is 0 Å². The Morgan fingerprint density at radius 3 is 2.24 bits per heavy atom. The molecule has 0 spiro atoms. The van der Waals surface area contributed by atoms with Gasteiger partial charge in [-0.05, 0) is 78.3 Å². The van der Waals surface area contributed by atoms with Crippen molar-refractivity contribution in [1.82, 2.24) is 16.1 Å². The topological polar surface area (TPSA) is 128 Å². The highest BCUT2D eigenvalue weighted by Crippen LogP contribution is 2.22. The largest absolute Gasteiger partial charge is 0.508 e. The number of hydroxylamine groups is 1. The second-order valence-corrected chi connectivity index (χ2v) is 10.3. The Morgan fingerprint density at radius 1 is 0.927 bits per heavy atom. The number of hydrogen-bond acceptors (Lipinski definition) is 6. The van der Waals surface area contributed by atoms with Crippen molar-refractivity contribution >= 4 is 41.1 Å². The maximum atomic E-state index is 13.5. The lowest BCUT2D eigenvalue weighted by molar-refractivity contribution is -0.134. The Balaban J connectivity index is 1.48. The van der Waals surface area contributed by atoms with Gasteiger partial charge < -0.3 is 15.7 Å². The van der Waals surface area contributed by atoms with Gasteiger partial charge in [0.2, 0.25) is 5.91 Å². The lowest BCUT2D eigenvalue weighted by atomic mass is 10.0. The van der Waals surface area contributed by atoms with Crippen molar-refractivity contribution in [2.45, 2.75) is 43.0 Å². The van der Waals surface area contributed by atoms with E-state index in [4.69, 9.17) is 5.21 Å². The number of carbonyl (C=O) groups excluding carboxylic acids is 3. The summed E-state index contributed by atoms with van der Waals surface area (Å²) in [5.74, 6) is -1.66. The molecular weight excluding hydrogens is 545 g/mol. The molecule has 0 aliphatic carbocycles. The molecule has 0 aromatic heterocycles. The first-order valence-corrected chi connectivity index (χ1v) is 14.4. The minimum atomic E-state index is -0.968. The van der Waals surface area contributed by atoms with Crippen molar-refractivity contribution in [3.63, 3.8) is 0 Å². The molecule has 0 fully saturated rings. The van der Waals surface area contributed by atoms with Gasteiger partial charge in [0.25, 0.3) is 11.8 Å². The first-order valence-electron chi connectivity index (χ1n) is 13.2. The number of halogens is 1. The van der Waals surface area contributed by atoms with Crippen molar-refractivity contribution in [2.75, 3.05) is 12.8 Å². The predicted octanol–water partition coefficient (Wildman–Crippen LogP) is 4.70. The summed E-state index contributed by atoms with van der Waals surface area (Å²) < 4.78 is 13.5. The zero-order valence-corrected chi connectivity index (χ0v) is 23.5. The molecule has 0 aliphatic rings. The number of amides is 3. The van der Waals surface area contributed by atoms with Crippen LogP contribution in [-0.4, -0.2) is 46.9 Å². The van der Waals surface area contributed by atoms with Gasteiger partial charge in [-0.3, -0.25) is 19.6 Å². The molecule has 10 heteroatoms. The van der Waals surface area contributed by atoms with Crippen LogP contribution in [0.15, 0.2) is 77.7 Å². The minimum absolute atomic E-state index is 0.0841. The monoisotopic (exact) mass is 579 g/mol. The summed E-state index contributed by atoms with van der Waals surface area (Å²) in [4.78, 5) is 38.6. The number of rotatable bonds is 14. The second kappa shape index (κ2) is 16.2. The summed E-state index contributed by atoms with van der Waals surface area (Å²) in [6.45, 7) is 0.390. The fourth-order valence-corrected chi connectivity index (χ4v) is 4.49. The van der Waals surface area contributed by atoms with Crippen molar-refractivity contribution in [2.24, 2.45) is 0 Å². The molecule has 3 aromatic carbocycles. The van der Waals surface area contributed by atoms with Crippen LogP contribution >= 0.6 is 11.8 Å². The molecule has 0 saturated heterocycles. The molecule has 0 bridgehead atoms. The van der Waals surface area contributed by atoms with Crippen LogP contribution in [0, 0.1) is 5.82 Å². The van der Waals surface area contributed by atoms with Crippen LogP contribution in [0.5, 0.6) is 5.75 Å². The third-order valence-corrected chi connectivity index (χ3v) is 7.07. The molecule has 8 nitrogen and oxygen atoms in total. The third-order valence-electron chi connectivity index (χ3n) is 6.33. The lowest BCUT2D eigenvalue weighted by Crippen LogP contribution is -2.47. The molecule has 3 rings (SSSR count). The van der Waals surface area contributed by atoms with E-state index in [-0.39, 0.29) is 36.2 Å². The average Bonchev–Trinajstić information content (AvgIpc) is 2.98. The minimum Gasteiger partial charge on any atom is -0.508 e. The first-order chi connectivity index (χ1) is 19.8. The van der Waals surface area contributed by atoms with E-state index in [9.17, 15) is 23.9 Å². The van der Waals surface area contributed by atoms with Crippen LogP contribution in [-0.2, 0) is 20.8 Å². The van der Waals surface area contributed by atoms with Gasteiger partial charge in [0, 0.05) is 29.9 Å². The number of thioether (sulfide) groups is 1. The fourth-order valence-electron chi connectivity index (χ4n) is 4.08. The van der Waals surface area contributed by atoms with Gasteiger partial charge in [-0.25, -0.2) is 9.87 Å². The summed E-state index contributed by atoms with van der Waals surface area (Å²) in [5, 5.41) is 24.0. The van der Waals surface area contributed by atoms with Crippen LogP contribution in [0.2, 0.25) is 0 Å². The van der Waals surface area contributed by atoms with Gasteiger partial charge in [0.05, 0.1) is 0 Å². The molecule has 0 aliphatic heterocycles. The van der Waals surface area contributed by atoms with Crippen LogP contribution in [0.25, 0.3) is 11.6 Å². The number of carbonyl (C=O) groups is 3. The summed E-state index contributed by atoms with van der Waals surface area (Å²) in [7, 11) is 0. The molecule has 0 heterocycles. The summed E-state index contributed by atoms with van der Waals surface area (Å²) in [6.07, 6.45) is 5.91. The van der Waals surface area contributed by atoms with E-state index in [1.54, 1.807) is 47.6 Å². The lowest BCUT2D eigenvalue weighted by Gasteiger charge is -2.17. The van der Waals surface area contributed by atoms with E-state index < -0.39 is 11.9 Å². The standard InChI is InChI=1S/C31H34FN3O5S/c1-41-26-16-8-21(9-17-26)19-27(23-10-12-24(32)13-11-23)30(38)33-18-4-2-3-5-29(37)34-28(31(39)35-40)20-22-6-14-25(36)15-7-22/h6-17,19,28,36,40H,2-5,18,20H2,1H3,(H,33,38)(H,34,37)(H,35,39)/b27-19-/t28-/m0/s1. The summed E-state index contributed by atoms with van der Waals surface area (Å²) >= 11 is 1.62. The fraction of sp³-hybridized carbons (Fsp3) is 0.258. The number of benzene rings is 3. The predicted molar refractivity (Wildman–Crippen MR) is 158 cm³/mol. The maximum absolute atomic E-state index is 13.5. The van der Waals surface area contributed by atoms with E-state index in [1.165, 1.54) is 24.3 Å². The van der Waals surface area contributed by atoms with Crippen molar-refractivity contribution in [3.05, 3.63) is 95.3 Å². The molecular formula is C31H34FN3O5S. The Bertz CT molecular complexity index is 1330. The van der Waals surface area contributed by atoms with Crippen molar-refractivity contribution in [3.8, 4) is 5.75 Å². The molecule has 1 atom stereocenters. The molecule has 5 N–H and O–H groups in total. The molecule has 216 valence electrons. The van der Waals surface area contributed by atoms with Crippen molar-refractivity contribution < 1.29 is 29.1 Å². The van der Waals surface area contributed by atoms with E-state index in [2.05, 4.69) is 10.6 Å². The number of phenolic OH excluding ortho intramolecular Hbond substituents is 1. The number of nitrogens with one attached hydrogen (secondary N) is 3. The Morgan fingerprint density at radius 2 is 1.61 bits per heavy atom. The Kier molecular flexibility index (Phi) is 12.4. The SMILES string of the molecule is CSc1ccc(/C=C(\C(=O)NCCCCCC(=O)N[C@@H](Cc2ccc(O)cc2)C(=O)NO)c2ccc(F)cc2)cc1. The second-order valence-electron chi connectivity index (χ2n) is 9.37. The van der Waals surface area contributed by atoms with Gasteiger partial charge in [-0.15, -0.1) is 11.8 Å². The van der Waals surface area contributed by atoms with Gasteiger partial charge in [0.15, 0.2) is 0 Å². The van der Waals surface area contributed by atoms with Gasteiger partial charge in [0.1, 0.15) is 17.6 Å². The average molecular weight is 580 g/mol. The van der Waals surface area contributed by atoms with Gasteiger partial charge >= 0.3 is 0 Å². The highest BCUT2D eigenvalue weighted by Gasteiger charge is 2.21. The van der Waals surface area contributed by atoms with E-state index >= 15 is 0 Å². The maximum Gasteiger partial charge on any atom is 0.266 e. The quantitative estimate of drug-likeness (QED) is 0.0470. The first kappa shape index (κ1) is 31.4. The van der Waals surface area contributed by atoms with E-state index in [1.807, 2.05) is 30.5 Å². The van der Waals surface area contributed by atoms with Crippen LogP contribution in [0.3, 0.4) is 0 Å². The van der Waals surface area contributed by atoms with E-state index in [0.717, 1.165) is 10.5 Å². The van der Waals surface area contributed by atoms with Crippen LogP contribution in [0.1, 0.15) is 42.4 Å². The van der Waals surface area contributed by atoms with Gasteiger partial charge in [-0.1, -0.05) is 42.8 Å². The molecule has 0 saturated carbocycles. The van der Waals surface area contributed by atoms with Crippen molar-refractivity contribution in [1.29, 1.82) is 0 Å². The van der Waals surface area contributed by atoms with Crippen LogP contribution in [0.4, 0.5) is 4.39 Å². The Hall–Kier alpha value is -4.15. The summed E-state index contributed by atoms with van der Waals surface area (Å²) in [6, 6.07) is 18.8. The van der Waals surface area contributed by atoms with E-state index in [0.29, 0.717) is 42.5 Å². The molecule has 0 radical (unpaired) electrons. The number of phenols is 1. The highest BCUT2D eigenvalue weighted by atomic mass is 32.2. The third kappa shape index (κ3) is 10.4. The number of unbranched alkanes of at least 4 members (excludes halogenated alkanes) is 2. The number of aromatic hydroxyl groups is 1. The van der Waals surface area contributed by atoms with Crippen LogP contribution < -0.4 is 16.1 Å². The number of hydrogen-bond donors (Lipinski definition) is 5. The zero-order chi connectivity index (χ0) is 29.6. The highest BCUT2D eigenvalue weighted by molar-refractivity contribution is 7.98. The molecule has 41 heavy (non-hydrogen) atoms. The molecule has 0 unspecified atom stereocenters. The molecule has 3 aromatic rings. The Labute approximate surface area is 243 Å². The zero-order valence-electron chi connectivity index (χ0n) is 22.7.